The maximum absolute atomic E-state index is 11.6. The predicted octanol–water partition coefficient (Wildman–Crippen LogP) is 2.11. The van der Waals surface area contributed by atoms with Gasteiger partial charge in [-0.2, -0.15) is 5.10 Å². The van der Waals surface area contributed by atoms with Gasteiger partial charge in [0.05, 0.1) is 22.6 Å². The van der Waals surface area contributed by atoms with Gasteiger partial charge in [-0.15, -0.1) is 0 Å². The second kappa shape index (κ2) is 4.95. The van der Waals surface area contributed by atoms with Crippen LogP contribution in [-0.4, -0.2) is 21.4 Å². The molecule has 1 amide bonds. The number of rotatable bonds is 2. The number of aromatic amines is 1. The molecule has 0 spiro atoms. The molecule has 2 aromatic rings. The van der Waals surface area contributed by atoms with E-state index >= 15 is 0 Å². The molecule has 0 aliphatic heterocycles. The zero-order valence-electron chi connectivity index (χ0n) is 8.83. The molecule has 8 heteroatoms. The van der Waals surface area contributed by atoms with Gasteiger partial charge in [-0.1, -0.05) is 27.5 Å². The molecule has 0 fully saturated rings. The quantitative estimate of drug-likeness (QED) is 0.785. The second-order valence-electron chi connectivity index (χ2n) is 3.47. The van der Waals surface area contributed by atoms with Crippen LogP contribution in [0.1, 0.15) is 5.69 Å². The number of halogens is 2. The van der Waals surface area contributed by atoms with E-state index in [-0.39, 0.29) is 17.0 Å². The van der Waals surface area contributed by atoms with Crippen LogP contribution in [0.15, 0.2) is 21.4 Å². The lowest BCUT2D eigenvalue weighted by molar-refractivity contribution is 0.194. The van der Waals surface area contributed by atoms with Crippen molar-refractivity contribution in [3.63, 3.8) is 0 Å². The first-order valence-corrected chi connectivity index (χ1v) is 5.99. The van der Waals surface area contributed by atoms with Crippen LogP contribution >= 0.6 is 27.5 Å². The van der Waals surface area contributed by atoms with Crippen molar-refractivity contribution in [2.45, 2.75) is 6.54 Å². The van der Waals surface area contributed by atoms with Gasteiger partial charge in [0.1, 0.15) is 0 Å². The normalized spacial score (nSPS) is 10.6. The van der Waals surface area contributed by atoms with E-state index in [0.717, 1.165) is 0 Å². The van der Waals surface area contributed by atoms with Crippen LogP contribution in [0.3, 0.4) is 0 Å². The van der Waals surface area contributed by atoms with E-state index in [4.69, 9.17) is 16.7 Å². The van der Waals surface area contributed by atoms with Crippen molar-refractivity contribution < 1.29 is 9.90 Å². The summed E-state index contributed by atoms with van der Waals surface area (Å²) in [7, 11) is 0. The second-order valence-corrected chi connectivity index (χ2v) is 4.79. The highest BCUT2D eigenvalue weighted by molar-refractivity contribution is 9.10. The van der Waals surface area contributed by atoms with Gasteiger partial charge in [-0.3, -0.25) is 4.79 Å². The van der Waals surface area contributed by atoms with E-state index in [1.165, 1.54) is 0 Å². The molecule has 0 saturated heterocycles. The smallest absolute Gasteiger partial charge is 0.404 e. The van der Waals surface area contributed by atoms with Gasteiger partial charge in [0.15, 0.2) is 0 Å². The van der Waals surface area contributed by atoms with Crippen LogP contribution in [-0.2, 0) is 6.54 Å². The van der Waals surface area contributed by atoms with Crippen molar-refractivity contribution >= 4 is 44.4 Å². The third-order valence-corrected chi connectivity index (χ3v) is 3.05. The van der Waals surface area contributed by atoms with E-state index in [1.54, 1.807) is 12.1 Å². The summed E-state index contributed by atoms with van der Waals surface area (Å²) in [6.07, 6.45) is -1.17. The molecule has 18 heavy (non-hydrogen) atoms. The van der Waals surface area contributed by atoms with Crippen molar-refractivity contribution in [3.8, 4) is 0 Å². The van der Waals surface area contributed by atoms with Crippen LogP contribution in [0, 0.1) is 0 Å². The average molecular weight is 333 g/mol. The molecule has 2 rings (SSSR count). The molecular weight excluding hydrogens is 325 g/mol. The largest absolute Gasteiger partial charge is 0.465 e. The fourth-order valence-electron chi connectivity index (χ4n) is 1.56. The number of H-pyrrole nitrogens is 1. The van der Waals surface area contributed by atoms with Crippen LogP contribution < -0.4 is 10.9 Å². The Hall–Kier alpha value is -1.60. The number of carbonyl (C=O) groups is 1. The van der Waals surface area contributed by atoms with Crippen LogP contribution in [0.5, 0.6) is 0 Å². The van der Waals surface area contributed by atoms with Crippen LogP contribution in [0.4, 0.5) is 4.79 Å². The first-order chi connectivity index (χ1) is 8.49. The molecular formula is C10H7BrClN3O3. The Labute approximate surface area is 114 Å². The minimum Gasteiger partial charge on any atom is -0.465 e. The summed E-state index contributed by atoms with van der Waals surface area (Å²) in [5, 5.41) is 17.9. The minimum absolute atomic E-state index is 0.0185. The van der Waals surface area contributed by atoms with Crippen molar-refractivity contribution in [3.05, 3.63) is 37.7 Å². The van der Waals surface area contributed by atoms with Gasteiger partial charge < -0.3 is 10.4 Å². The van der Waals surface area contributed by atoms with E-state index in [0.29, 0.717) is 15.6 Å². The van der Waals surface area contributed by atoms with Crippen molar-refractivity contribution in [1.29, 1.82) is 0 Å². The summed E-state index contributed by atoms with van der Waals surface area (Å²) in [6, 6.07) is 3.26. The monoisotopic (exact) mass is 331 g/mol. The molecule has 0 unspecified atom stereocenters. The number of hydrogen-bond acceptors (Lipinski definition) is 3. The molecule has 0 bridgehead atoms. The highest BCUT2D eigenvalue weighted by Crippen LogP contribution is 2.26. The molecule has 0 saturated carbocycles. The first-order valence-electron chi connectivity index (χ1n) is 4.82. The lowest BCUT2D eigenvalue weighted by atomic mass is 10.1. The van der Waals surface area contributed by atoms with Gasteiger partial charge in [0.25, 0.3) is 5.56 Å². The Morgan fingerprint density at radius 3 is 2.94 bits per heavy atom. The molecule has 94 valence electrons. The van der Waals surface area contributed by atoms with Gasteiger partial charge in [-0.05, 0) is 12.1 Å². The predicted molar refractivity (Wildman–Crippen MR) is 69.9 cm³/mol. The summed E-state index contributed by atoms with van der Waals surface area (Å²) in [5.74, 6) is 0. The number of aromatic nitrogens is 2. The molecule has 0 atom stereocenters. The standard InChI is InChI=1S/C10H7BrClN3O3/c11-4-1-5-7(3-13-10(17)18)14-15-9(16)8(5)6(12)2-4/h1-2,13H,3H2,(H,15,16)(H,17,18). The Balaban J connectivity index is 2.65. The Bertz CT molecular complexity index is 686. The lowest BCUT2D eigenvalue weighted by Crippen LogP contribution is -2.22. The van der Waals surface area contributed by atoms with E-state index < -0.39 is 11.7 Å². The van der Waals surface area contributed by atoms with Gasteiger partial charge in [0.2, 0.25) is 0 Å². The number of hydrogen-bond donors (Lipinski definition) is 3. The number of fused-ring (bicyclic) bond motifs is 1. The van der Waals surface area contributed by atoms with Crippen molar-refractivity contribution in [2.24, 2.45) is 0 Å². The number of carboxylic acid groups (broad SMARTS) is 1. The Kier molecular flexibility index (Phi) is 3.53. The van der Waals surface area contributed by atoms with E-state index in [9.17, 15) is 9.59 Å². The molecule has 0 aliphatic rings. The zero-order valence-corrected chi connectivity index (χ0v) is 11.2. The molecule has 0 aliphatic carbocycles. The average Bonchev–Trinajstić information content (AvgIpc) is 2.26. The summed E-state index contributed by atoms with van der Waals surface area (Å²) in [4.78, 5) is 22.1. The fraction of sp³-hybridized carbons (Fsp3) is 0.100. The van der Waals surface area contributed by atoms with Crippen LogP contribution in [0.25, 0.3) is 10.8 Å². The summed E-state index contributed by atoms with van der Waals surface area (Å²) >= 11 is 9.25. The number of nitrogens with one attached hydrogen (secondary N) is 2. The van der Waals surface area contributed by atoms with Gasteiger partial charge in [-0.25, -0.2) is 9.89 Å². The van der Waals surface area contributed by atoms with Crippen molar-refractivity contribution in [1.82, 2.24) is 15.5 Å². The van der Waals surface area contributed by atoms with E-state index in [1.807, 2.05) is 0 Å². The topological polar surface area (TPSA) is 95.1 Å². The summed E-state index contributed by atoms with van der Waals surface area (Å²) in [5.41, 5.74) is -0.0169. The number of benzene rings is 1. The highest BCUT2D eigenvalue weighted by atomic mass is 79.9. The minimum atomic E-state index is -1.17. The van der Waals surface area contributed by atoms with E-state index in [2.05, 4.69) is 31.4 Å². The fourth-order valence-corrected chi connectivity index (χ4v) is 2.46. The first kappa shape index (κ1) is 12.8. The third-order valence-electron chi connectivity index (χ3n) is 2.29. The third kappa shape index (κ3) is 2.46. The molecule has 6 nitrogen and oxygen atoms in total. The number of nitrogens with zero attached hydrogens (tertiary/aromatic N) is 1. The lowest BCUT2D eigenvalue weighted by Gasteiger charge is -2.06. The maximum Gasteiger partial charge on any atom is 0.404 e. The maximum atomic E-state index is 11.6. The Morgan fingerprint density at radius 1 is 1.56 bits per heavy atom. The zero-order chi connectivity index (χ0) is 13.3. The summed E-state index contributed by atoms with van der Waals surface area (Å²) in [6.45, 7) is -0.0185. The molecule has 3 N–H and O–H groups in total. The highest BCUT2D eigenvalue weighted by Gasteiger charge is 2.11. The van der Waals surface area contributed by atoms with Crippen molar-refractivity contribution in [2.75, 3.05) is 0 Å². The Morgan fingerprint density at radius 2 is 2.28 bits per heavy atom. The molecule has 1 heterocycles. The molecule has 1 aromatic carbocycles. The molecule has 0 radical (unpaired) electrons. The van der Waals surface area contributed by atoms with Gasteiger partial charge in [0, 0.05) is 9.86 Å². The van der Waals surface area contributed by atoms with Gasteiger partial charge >= 0.3 is 6.09 Å². The SMILES string of the molecule is O=C(O)NCc1n[nH]c(=O)c2c(Cl)cc(Br)cc12. The van der Waals surface area contributed by atoms with Crippen LogP contribution in [0.2, 0.25) is 5.02 Å². The number of amides is 1. The molecule has 1 aromatic heterocycles. The summed E-state index contributed by atoms with van der Waals surface area (Å²) < 4.78 is 0.684.